The second kappa shape index (κ2) is 10.4. The molecule has 0 atom stereocenters. The third-order valence-electron chi connectivity index (χ3n) is 3.68. The van der Waals surface area contributed by atoms with E-state index < -0.39 is 0 Å². The third-order valence-corrected chi connectivity index (χ3v) is 5.00. The van der Waals surface area contributed by atoms with Crippen molar-refractivity contribution in [3.63, 3.8) is 0 Å². The van der Waals surface area contributed by atoms with E-state index in [2.05, 4.69) is 46.8 Å². The molecule has 6 nitrogen and oxygen atoms in total. The SMILES string of the molecule is CCNC(=NCc1csc(C(C)(C)C)n1)NCCC(=O)N(CC)CC. The highest BCUT2D eigenvalue weighted by Gasteiger charge is 2.17. The number of carbonyl (C=O) groups excluding carboxylic acids is 1. The second-order valence-corrected chi connectivity index (χ2v) is 7.69. The standard InChI is InChI=1S/C18H33N5OS/c1-7-19-17(20-11-10-15(24)23(8-2)9-3)21-12-14-13-25-16(22-14)18(4,5)6/h13H,7-12H2,1-6H3,(H2,19,20,21). The zero-order valence-corrected chi connectivity index (χ0v) is 17.3. The molecular formula is C18H33N5OS. The van der Waals surface area contributed by atoms with Crippen LogP contribution >= 0.6 is 11.3 Å². The van der Waals surface area contributed by atoms with Gasteiger partial charge in [0.25, 0.3) is 0 Å². The fourth-order valence-electron chi connectivity index (χ4n) is 2.25. The van der Waals surface area contributed by atoms with E-state index in [0.29, 0.717) is 19.5 Å². The van der Waals surface area contributed by atoms with E-state index >= 15 is 0 Å². The molecule has 1 aromatic rings. The number of aromatic nitrogens is 1. The van der Waals surface area contributed by atoms with Crippen LogP contribution in [0.4, 0.5) is 0 Å². The predicted molar refractivity (Wildman–Crippen MR) is 106 cm³/mol. The normalized spacial score (nSPS) is 12.2. The Morgan fingerprint density at radius 3 is 2.44 bits per heavy atom. The van der Waals surface area contributed by atoms with Gasteiger partial charge in [-0.1, -0.05) is 20.8 Å². The van der Waals surface area contributed by atoms with E-state index in [1.165, 1.54) is 0 Å². The van der Waals surface area contributed by atoms with Crippen molar-refractivity contribution in [1.82, 2.24) is 20.5 Å². The van der Waals surface area contributed by atoms with Crippen molar-refractivity contribution in [2.45, 2.75) is 59.9 Å². The molecule has 0 aliphatic carbocycles. The van der Waals surface area contributed by atoms with Crippen molar-refractivity contribution in [2.75, 3.05) is 26.2 Å². The lowest BCUT2D eigenvalue weighted by Crippen LogP contribution is -2.40. The Hall–Kier alpha value is -1.63. The molecule has 0 aromatic carbocycles. The van der Waals surface area contributed by atoms with Gasteiger partial charge >= 0.3 is 0 Å². The Balaban J connectivity index is 2.56. The van der Waals surface area contributed by atoms with Crippen LogP contribution in [-0.2, 0) is 16.8 Å². The topological polar surface area (TPSA) is 69.6 Å². The Morgan fingerprint density at radius 1 is 1.24 bits per heavy atom. The molecule has 1 heterocycles. The average molecular weight is 368 g/mol. The van der Waals surface area contributed by atoms with Crippen molar-refractivity contribution in [3.8, 4) is 0 Å². The average Bonchev–Trinajstić information content (AvgIpc) is 3.03. The minimum absolute atomic E-state index is 0.0696. The smallest absolute Gasteiger partial charge is 0.224 e. The van der Waals surface area contributed by atoms with Gasteiger partial charge < -0.3 is 15.5 Å². The molecule has 0 spiro atoms. The van der Waals surface area contributed by atoms with E-state index in [4.69, 9.17) is 0 Å². The van der Waals surface area contributed by atoms with Crippen LogP contribution in [0.1, 0.15) is 58.7 Å². The Labute approximate surface area is 156 Å². The van der Waals surface area contributed by atoms with Gasteiger partial charge in [0.15, 0.2) is 5.96 Å². The Bertz CT molecular complexity index is 558. The van der Waals surface area contributed by atoms with E-state index in [1.54, 1.807) is 11.3 Å². The van der Waals surface area contributed by atoms with E-state index in [-0.39, 0.29) is 11.3 Å². The van der Waals surface area contributed by atoms with Crippen LogP contribution in [0.5, 0.6) is 0 Å². The van der Waals surface area contributed by atoms with Gasteiger partial charge in [-0.25, -0.2) is 9.98 Å². The fourth-order valence-corrected chi connectivity index (χ4v) is 3.15. The number of rotatable bonds is 8. The molecule has 1 aromatic heterocycles. The number of nitrogens with zero attached hydrogens (tertiary/aromatic N) is 3. The molecule has 1 rings (SSSR count). The van der Waals surface area contributed by atoms with Crippen molar-refractivity contribution in [1.29, 1.82) is 0 Å². The second-order valence-electron chi connectivity index (χ2n) is 6.83. The van der Waals surface area contributed by atoms with Crippen LogP contribution in [-0.4, -0.2) is 47.9 Å². The maximum atomic E-state index is 12.0. The maximum Gasteiger partial charge on any atom is 0.224 e. The summed E-state index contributed by atoms with van der Waals surface area (Å²) in [6.07, 6.45) is 0.469. The van der Waals surface area contributed by atoms with Crippen LogP contribution < -0.4 is 10.6 Å². The summed E-state index contributed by atoms with van der Waals surface area (Å²) in [5, 5.41) is 9.63. The van der Waals surface area contributed by atoms with E-state index in [0.717, 1.165) is 36.3 Å². The number of aliphatic imine (C=N–C) groups is 1. The van der Waals surface area contributed by atoms with Crippen LogP contribution in [0.3, 0.4) is 0 Å². The molecule has 1 amide bonds. The molecule has 2 N–H and O–H groups in total. The van der Waals surface area contributed by atoms with E-state index in [9.17, 15) is 4.79 Å². The largest absolute Gasteiger partial charge is 0.357 e. The number of thiazole rings is 1. The molecule has 142 valence electrons. The van der Waals surface area contributed by atoms with Gasteiger partial charge in [-0.3, -0.25) is 4.79 Å². The minimum Gasteiger partial charge on any atom is -0.357 e. The highest BCUT2D eigenvalue weighted by atomic mass is 32.1. The summed E-state index contributed by atoms with van der Waals surface area (Å²) in [4.78, 5) is 23.1. The first kappa shape index (κ1) is 21.4. The number of nitrogens with one attached hydrogen (secondary N) is 2. The molecule has 0 fully saturated rings. The quantitative estimate of drug-likeness (QED) is 0.547. The molecule has 7 heteroatoms. The summed E-state index contributed by atoms with van der Waals surface area (Å²) in [6.45, 7) is 15.9. The Morgan fingerprint density at radius 2 is 1.92 bits per heavy atom. The summed E-state index contributed by atoms with van der Waals surface area (Å²) in [7, 11) is 0. The van der Waals surface area contributed by atoms with Gasteiger partial charge in [-0.05, 0) is 20.8 Å². The zero-order valence-electron chi connectivity index (χ0n) is 16.5. The number of hydrogen-bond donors (Lipinski definition) is 2. The molecule has 0 aliphatic rings. The van der Waals surface area contributed by atoms with Gasteiger partial charge in [0, 0.05) is 43.4 Å². The van der Waals surface area contributed by atoms with Gasteiger partial charge in [0.05, 0.1) is 17.2 Å². The molecule has 0 unspecified atom stereocenters. The van der Waals surface area contributed by atoms with Crippen LogP contribution in [0.25, 0.3) is 0 Å². The van der Waals surface area contributed by atoms with Gasteiger partial charge in [0.1, 0.15) is 0 Å². The highest BCUT2D eigenvalue weighted by Crippen LogP contribution is 2.25. The maximum absolute atomic E-state index is 12.0. The van der Waals surface area contributed by atoms with Crippen LogP contribution in [0.2, 0.25) is 0 Å². The molecule has 0 aliphatic heterocycles. The first-order valence-electron chi connectivity index (χ1n) is 9.06. The monoisotopic (exact) mass is 367 g/mol. The predicted octanol–water partition coefficient (Wildman–Crippen LogP) is 2.75. The lowest BCUT2D eigenvalue weighted by atomic mass is 9.98. The number of guanidine groups is 1. The third kappa shape index (κ3) is 7.42. The minimum atomic E-state index is 0.0696. The molecule has 0 saturated carbocycles. The summed E-state index contributed by atoms with van der Waals surface area (Å²) >= 11 is 1.68. The van der Waals surface area contributed by atoms with Crippen molar-refractivity contribution < 1.29 is 4.79 Å². The fraction of sp³-hybridized carbons (Fsp3) is 0.722. The highest BCUT2D eigenvalue weighted by molar-refractivity contribution is 7.09. The van der Waals surface area contributed by atoms with Crippen LogP contribution in [0, 0.1) is 0 Å². The van der Waals surface area contributed by atoms with Gasteiger partial charge in [-0.15, -0.1) is 11.3 Å². The Kier molecular flexibility index (Phi) is 8.89. The summed E-state index contributed by atoms with van der Waals surface area (Å²) < 4.78 is 0. The molecule has 0 bridgehead atoms. The first-order valence-corrected chi connectivity index (χ1v) is 9.94. The summed E-state index contributed by atoms with van der Waals surface area (Å²) in [5.74, 6) is 0.892. The molecular weight excluding hydrogens is 334 g/mol. The molecule has 0 radical (unpaired) electrons. The van der Waals surface area contributed by atoms with Crippen molar-refractivity contribution in [3.05, 3.63) is 16.1 Å². The number of carbonyl (C=O) groups is 1. The molecule has 25 heavy (non-hydrogen) atoms. The van der Waals surface area contributed by atoms with Crippen molar-refractivity contribution >= 4 is 23.2 Å². The zero-order chi connectivity index (χ0) is 18.9. The van der Waals surface area contributed by atoms with Gasteiger partial charge in [-0.2, -0.15) is 0 Å². The number of hydrogen-bond acceptors (Lipinski definition) is 4. The lowest BCUT2D eigenvalue weighted by molar-refractivity contribution is -0.130. The van der Waals surface area contributed by atoms with Crippen LogP contribution in [0.15, 0.2) is 10.4 Å². The van der Waals surface area contributed by atoms with Crippen molar-refractivity contribution in [2.24, 2.45) is 4.99 Å². The summed E-state index contributed by atoms with van der Waals surface area (Å²) in [6, 6.07) is 0. The molecule has 0 saturated heterocycles. The van der Waals surface area contributed by atoms with Gasteiger partial charge in [0.2, 0.25) is 5.91 Å². The number of amides is 1. The summed E-state index contributed by atoms with van der Waals surface area (Å²) in [5.41, 5.74) is 1.05. The van der Waals surface area contributed by atoms with E-state index in [1.807, 2.05) is 25.7 Å². The first-order chi connectivity index (χ1) is 11.8. The lowest BCUT2D eigenvalue weighted by Gasteiger charge is -2.19.